The van der Waals surface area contributed by atoms with Crippen LogP contribution < -0.4 is 0 Å². The van der Waals surface area contributed by atoms with Crippen molar-refractivity contribution in [3.05, 3.63) is 35.5 Å². The second kappa shape index (κ2) is 9.10. The topological polar surface area (TPSA) is 40.5 Å². The Labute approximate surface area is 179 Å². The van der Waals surface area contributed by atoms with E-state index in [9.17, 15) is 10.2 Å². The molecule has 164 valence electrons. The highest BCUT2D eigenvalue weighted by atomic mass is 16.3. The molecule has 2 N–H and O–H groups in total. The van der Waals surface area contributed by atoms with Gasteiger partial charge in [-0.05, 0) is 93.5 Å². The van der Waals surface area contributed by atoms with Crippen LogP contribution in [0.1, 0.15) is 98.3 Å². The molecule has 3 aliphatic carbocycles. The molecule has 3 unspecified atom stereocenters. The molecular formula is C27H44O2. The number of allylic oxidation sites excluding steroid dienone is 4. The molecule has 0 aliphatic heterocycles. The van der Waals surface area contributed by atoms with E-state index in [0.717, 1.165) is 38.5 Å². The zero-order valence-electron chi connectivity index (χ0n) is 19.3. The third-order valence-electron chi connectivity index (χ3n) is 8.37. The van der Waals surface area contributed by atoms with Crippen molar-refractivity contribution in [2.75, 3.05) is 0 Å². The number of rotatable bonds is 6. The largest absolute Gasteiger partial charge is 0.393 e. The fourth-order valence-electron chi connectivity index (χ4n) is 6.70. The van der Waals surface area contributed by atoms with E-state index in [-0.39, 0.29) is 11.5 Å². The summed E-state index contributed by atoms with van der Waals surface area (Å²) in [6.07, 6.45) is 16.2. The maximum atomic E-state index is 11.4. The second-order valence-corrected chi connectivity index (χ2v) is 11.1. The van der Waals surface area contributed by atoms with Gasteiger partial charge < -0.3 is 10.2 Å². The van der Waals surface area contributed by atoms with E-state index in [1.807, 2.05) is 0 Å². The number of fused-ring (bicyclic) bond motifs is 1. The molecule has 3 saturated carbocycles. The van der Waals surface area contributed by atoms with Crippen LogP contribution in [0, 0.1) is 23.2 Å². The van der Waals surface area contributed by atoms with Crippen LogP contribution in [0.4, 0.5) is 0 Å². The van der Waals surface area contributed by atoms with Crippen molar-refractivity contribution in [3.63, 3.8) is 0 Å². The van der Waals surface area contributed by atoms with Gasteiger partial charge in [0.1, 0.15) is 0 Å². The van der Waals surface area contributed by atoms with Crippen molar-refractivity contribution in [1.29, 1.82) is 0 Å². The maximum absolute atomic E-state index is 11.4. The monoisotopic (exact) mass is 400 g/mol. The Morgan fingerprint density at radius 3 is 2.69 bits per heavy atom. The second-order valence-electron chi connectivity index (χ2n) is 11.1. The summed E-state index contributed by atoms with van der Waals surface area (Å²) in [5.41, 5.74) is 3.66. The zero-order valence-corrected chi connectivity index (χ0v) is 19.3. The van der Waals surface area contributed by atoms with E-state index in [2.05, 4.69) is 46.4 Å². The van der Waals surface area contributed by atoms with Gasteiger partial charge >= 0.3 is 0 Å². The molecule has 0 radical (unpaired) electrons. The summed E-state index contributed by atoms with van der Waals surface area (Å²) in [6.45, 7) is 13.3. The molecule has 2 nitrogen and oxygen atoms in total. The summed E-state index contributed by atoms with van der Waals surface area (Å²) < 4.78 is 0. The first-order valence-corrected chi connectivity index (χ1v) is 12.1. The van der Waals surface area contributed by atoms with E-state index >= 15 is 0 Å². The van der Waals surface area contributed by atoms with Crippen molar-refractivity contribution in [2.45, 2.75) is 110 Å². The standard InChI is InChI=1S/C27H44O2/c1-19(2)8-6-17-27(5,29)25-15-14-24-21(9-7-16-26(24,25)4)11-12-22-18-23(28)13-10-20(22)3/h11-12,19,23-25,28-29H,3,6-10,13-18H2,1-2,4-5H3/t23-,24?,25?,26-,27?/m0/s1. The first-order valence-electron chi connectivity index (χ1n) is 12.1. The minimum absolute atomic E-state index is 0.210. The van der Waals surface area contributed by atoms with Crippen molar-refractivity contribution in [1.82, 2.24) is 0 Å². The molecule has 0 aromatic rings. The summed E-state index contributed by atoms with van der Waals surface area (Å²) in [7, 11) is 0. The first kappa shape index (κ1) is 22.8. The van der Waals surface area contributed by atoms with Gasteiger partial charge in [0.15, 0.2) is 0 Å². The lowest BCUT2D eigenvalue weighted by atomic mass is 9.59. The predicted octanol–water partition coefficient (Wildman–Crippen LogP) is 6.73. The van der Waals surface area contributed by atoms with Crippen molar-refractivity contribution in [2.24, 2.45) is 23.2 Å². The van der Waals surface area contributed by atoms with Crippen LogP contribution in [0.2, 0.25) is 0 Å². The molecule has 29 heavy (non-hydrogen) atoms. The highest BCUT2D eigenvalue weighted by Gasteiger charge is 2.54. The lowest BCUT2D eigenvalue weighted by molar-refractivity contribution is -0.0657. The van der Waals surface area contributed by atoms with Gasteiger partial charge in [0, 0.05) is 0 Å². The molecule has 5 atom stereocenters. The van der Waals surface area contributed by atoms with Crippen molar-refractivity contribution >= 4 is 0 Å². The van der Waals surface area contributed by atoms with E-state index in [1.54, 1.807) is 5.57 Å². The lowest BCUT2D eigenvalue weighted by Gasteiger charge is -2.47. The van der Waals surface area contributed by atoms with Gasteiger partial charge in [0.05, 0.1) is 11.7 Å². The molecule has 2 heteroatoms. The van der Waals surface area contributed by atoms with Crippen LogP contribution in [-0.2, 0) is 0 Å². The number of aliphatic hydroxyl groups is 2. The highest BCUT2D eigenvalue weighted by molar-refractivity contribution is 5.36. The number of hydrogen-bond acceptors (Lipinski definition) is 2. The minimum atomic E-state index is -0.554. The average Bonchev–Trinajstić information content (AvgIpc) is 3.00. The highest BCUT2D eigenvalue weighted by Crippen LogP contribution is 2.60. The fourth-order valence-corrected chi connectivity index (χ4v) is 6.70. The Morgan fingerprint density at radius 1 is 1.21 bits per heavy atom. The predicted molar refractivity (Wildman–Crippen MR) is 123 cm³/mol. The quantitative estimate of drug-likeness (QED) is 0.518. The Bertz CT molecular complexity index is 653. The van der Waals surface area contributed by atoms with Crippen LogP contribution in [0.15, 0.2) is 35.5 Å². The summed E-state index contributed by atoms with van der Waals surface area (Å²) in [6, 6.07) is 0. The molecule has 3 rings (SSSR count). The Hall–Kier alpha value is -0.860. The van der Waals surface area contributed by atoms with Gasteiger partial charge in [0.25, 0.3) is 0 Å². The van der Waals surface area contributed by atoms with E-state index in [1.165, 1.54) is 43.3 Å². The van der Waals surface area contributed by atoms with Gasteiger partial charge in [-0.25, -0.2) is 0 Å². The smallest absolute Gasteiger partial charge is 0.0653 e. The van der Waals surface area contributed by atoms with Gasteiger partial charge in [-0.3, -0.25) is 0 Å². The molecular weight excluding hydrogens is 356 g/mol. The molecule has 0 heterocycles. The molecule has 0 saturated heterocycles. The molecule has 0 spiro atoms. The minimum Gasteiger partial charge on any atom is -0.393 e. The van der Waals surface area contributed by atoms with Gasteiger partial charge in [-0.15, -0.1) is 0 Å². The third kappa shape index (κ3) is 5.07. The van der Waals surface area contributed by atoms with Crippen LogP contribution in [-0.4, -0.2) is 21.9 Å². The molecule has 0 amide bonds. The van der Waals surface area contributed by atoms with Gasteiger partial charge in [0.2, 0.25) is 0 Å². The lowest BCUT2D eigenvalue weighted by Crippen LogP contribution is -2.45. The SMILES string of the molecule is C=C1CC[C@H](O)CC1=CC=C1CCC[C@@]2(C)C1CCC2C(C)(O)CCCC(C)C. The summed E-state index contributed by atoms with van der Waals surface area (Å²) in [5, 5.41) is 21.5. The Kier molecular flexibility index (Phi) is 7.16. The van der Waals surface area contributed by atoms with Gasteiger partial charge in [-0.2, -0.15) is 0 Å². The molecule has 0 bridgehead atoms. The van der Waals surface area contributed by atoms with Crippen LogP contribution in [0.5, 0.6) is 0 Å². The molecule has 0 aromatic heterocycles. The molecule has 3 aliphatic rings. The summed E-state index contributed by atoms with van der Waals surface area (Å²) in [4.78, 5) is 0. The van der Waals surface area contributed by atoms with Crippen LogP contribution >= 0.6 is 0 Å². The number of aliphatic hydroxyl groups excluding tert-OH is 1. The summed E-state index contributed by atoms with van der Waals surface area (Å²) in [5.74, 6) is 1.70. The van der Waals surface area contributed by atoms with E-state index < -0.39 is 5.60 Å². The van der Waals surface area contributed by atoms with Gasteiger partial charge in [-0.1, -0.05) is 63.5 Å². The summed E-state index contributed by atoms with van der Waals surface area (Å²) >= 11 is 0. The Balaban J connectivity index is 1.75. The van der Waals surface area contributed by atoms with Crippen molar-refractivity contribution in [3.8, 4) is 0 Å². The first-order chi connectivity index (χ1) is 13.6. The molecule has 0 aromatic carbocycles. The third-order valence-corrected chi connectivity index (χ3v) is 8.37. The average molecular weight is 401 g/mol. The Morgan fingerprint density at radius 2 is 1.97 bits per heavy atom. The van der Waals surface area contributed by atoms with E-state index in [4.69, 9.17) is 0 Å². The zero-order chi connectivity index (χ0) is 21.2. The van der Waals surface area contributed by atoms with Crippen LogP contribution in [0.3, 0.4) is 0 Å². The fraction of sp³-hybridized carbons (Fsp3) is 0.778. The van der Waals surface area contributed by atoms with Crippen molar-refractivity contribution < 1.29 is 10.2 Å². The number of hydrogen-bond donors (Lipinski definition) is 2. The van der Waals surface area contributed by atoms with E-state index in [0.29, 0.717) is 17.8 Å². The normalized spacial score (nSPS) is 37.9. The molecule has 3 fully saturated rings. The van der Waals surface area contributed by atoms with Crippen LogP contribution in [0.25, 0.3) is 0 Å². The maximum Gasteiger partial charge on any atom is 0.0653 e.